The van der Waals surface area contributed by atoms with E-state index in [4.69, 9.17) is 4.74 Å². The Hall–Kier alpha value is -1.91. The third-order valence-electron chi connectivity index (χ3n) is 2.12. The molecule has 2 aromatic rings. The first-order chi connectivity index (χ1) is 7.11. The molecule has 0 amide bonds. The number of nitrogens with zero attached hydrogens (tertiary/aromatic N) is 1. The molecule has 0 saturated carbocycles. The molecule has 0 atom stereocenters. The van der Waals surface area contributed by atoms with Crippen molar-refractivity contribution < 1.29 is 9.13 Å². The smallest absolute Gasteiger partial charge is 0.269 e. The predicted octanol–water partition coefficient (Wildman–Crippen LogP) is 1.38. The van der Waals surface area contributed by atoms with Gasteiger partial charge in [-0.05, 0) is 13.0 Å². The monoisotopic (exact) mass is 208 g/mol. The molecule has 4 nitrogen and oxygen atoms in total. The normalized spacial score (nSPS) is 10.6. The van der Waals surface area contributed by atoms with Gasteiger partial charge < -0.3 is 9.72 Å². The molecule has 2 rings (SSSR count). The topological polar surface area (TPSA) is 55.0 Å². The van der Waals surface area contributed by atoms with Gasteiger partial charge in [-0.3, -0.25) is 4.79 Å². The molecule has 0 unspecified atom stereocenters. The molecular weight excluding hydrogens is 199 g/mol. The minimum atomic E-state index is -0.472. The lowest BCUT2D eigenvalue weighted by Gasteiger charge is -2.05. The van der Waals surface area contributed by atoms with Gasteiger partial charge in [0, 0.05) is 6.07 Å². The molecule has 0 saturated heterocycles. The third kappa shape index (κ3) is 1.56. The summed E-state index contributed by atoms with van der Waals surface area (Å²) in [4.78, 5) is 17.8. The van der Waals surface area contributed by atoms with Crippen LogP contribution in [-0.2, 0) is 0 Å². The van der Waals surface area contributed by atoms with Crippen LogP contribution in [-0.4, -0.2) is 17.1 Å². The summed E-state index contributed by atoms with van der Waals surface area (Å²) in [6, 6.07) is 2.44. The fourth-order valence-electron chi connectivity index (χ4n) is 1.37. The van der Waals surface area contributed by atoms with Crippen molar-refractivity contribution in [3.63, 3.8) is 0 Å². The largest absolute Gasteiger partial charge is 0.494 e. The number of aromatic nitrogens is 2. The quantitative estimate of drug-likeness (QED) is 0.770. The molecule has 15 heavy (non-hydrogen) atoms. The van der Waals surface area contributed by atoms with E-state index < -0.39 is 5.82 Å². The second-order valence-electron chi connectivity index (χ2n) is 3.16. The van der Waals surface area contributed by atoms with Gasteiger partial charge in [-0.15, -0.1) is 0 Å². The van der Waals surface area contributed by atoms with E-state index in [-0.39, 0.29) is 5.56 Å². The molecule has 0 fully saturated rings. The van der Waals surface area contributed by atoms with E-state index >= 15 is 0 Å². The number of benzene rings is 1. The SMILES string of the molecule is COc1cc(F)cc2[nH]c(=O)c(C)nc12. The van der Waals surface area contributed by atoms with Crippen molar-refractivity contribution >= 4 is 11.0 Å². The number of ether oxygens (including phenoxy) is 1. The van der Waals surface area contributed by atoms with Gasteiger partial charge in [0.15, 0.2) is 0 Å². The predicted molar refractivity (Wildman–Crippen MR) is 53.6 cm³/mol. The van der Waals surface area contributed by atoms with Crippen LogP contribution < -0.4 is 10.3 Å². The summed E-state index contributed by atoms with van der Waals surface area (Å²) in [5, 5.41) is 0. The Balaban J connectivity index is 2.90. The number of halogens is 1. The van der Waals surface area contributed by atoms with Crippen LogP contribution in [0.25, 0.3) is 11.0 Å². The number of hydrogen-bond donors (Lipinski definition) is 1. The highest BCUT2D eigenvalue weighted by Crippen LogP contribution is 2.22. The summed E-state index contributed by atoms with van der Waals surface area (Å²) >= 11 is 0. The third-order valence-corrected chi connectivity index (χ3v) is 2.12. The second-order valence-corrected chi connectivity index (χ2v) is 3.16. The summed E-state index contributed by atoms with van der Waals surface area (Å²) < 4.78 is 18.1. The number of rotatable bonds is 1. The van der Waals surface area contributed by atoms with Crippen LogP contribution in [0.15, 0.2) is 16.9 Å². The van der Waals surface area contributed by atoms with Gasteiger partial charge in [0.25, 0.3) is 5.56 Å². The zero-order chi connectivity index (χ0) is 11.0. The molecule has 0 spiro atoms. The summed E-state index contributed by atoms with van der Waals surface area (Å²) in [7, 11) is 1.43. The van der Waals surface area contributed by atoms with Crippen molar-refractivity contribution in [2.45, 2.75) is 6.92 Å². The van der Waals surface area contributed by atoms with Crippen LogP contribution in [0.1, 0.15) is 5.69 Å². The first kappa shape index (κ1) is 9.64. The Bertz CT molecular complexity index is 577. The van der Waals surface area contributed by atoms with Gasteiger partial charge in [-0.1, -0.05) is 0 Å². The number of methoxy groups -OCH3 is 1. The standard InChI is InChI=1S/C10H9FN2O2/c1-5-10(14)13-7-3-6(11)4-8(15-2)9(7)12-5/h3-4H,1-2H3,(H,13,14). The highest BCUT2D eigenvalue weighted by atomic mass is 19.1. The van der Waals surface area contributed by atoms with Gasteiger partial charge >= 0.3 is 0 Å². The molecule has 1 aromatic heterocycles. The van der Waals surface area contributed by atoms with E-state index in [0.717, 1.165) is 0 Å². The first-order valence-electron chi connectivity index (χ1n) is 4.36. The highest BCUT2D eigenvalue weighted by molar-refractivity contribution is 5.80. The van der Waals surface area contributed by atoms with Gasteiger partial charge in [-0.25, -0.2) is 9.37 Å². The van der Waals surface area contributed by atoms with Crippen LogP contribution in [0.3, 0.4) is 0 Å². The average Bonchev–Trinajstić information content (AvgIpc) is 2.19. The maximum Gasteiger partial charge on any atom is 0.269 e. The van der Waals surface area contributed by atoms with E-state index in [9.17, 15) is 9.18 Å². The van der Waals surface area contributed by atoms with Gasteiger partial charge in [0.2, 0.25) is 0 Å². The van der Waals surface area contributed by atoms with Crippen LogP contribution in [0.4, 0.5) is 4.39 Å². The molecule has 5 heteroatoms. The molecule has 1 heterocycles. The first-order valence-corrected chi connectivity index (χ1v) is 4.36. The maximum atomic E-state index is 13.1. The molecule has 0 radical (unpaired) electrons. The molecular formula is C10H9FN2O2. The van der Waals surface area contributed by atoms with E-state index in [1.165, 1.54) is 19.2 Å². The van der Waals surface area contributed by atoms with Crippen molar-refractivity contribution in [3.8, 4) is 5.75 Å². The van der Waals surface area contributed by atoms with Gasteiger partial charge in [0.05, 0.1) is 12.6 Å². The zero-order valence-electron chi connectivity index (χ0n) is 8.30. The molecule has 1 aromatic carbocycles. The summed E-state index contributed by atoms with van der Waals surface area (Å²) in [5.41, 5.74) is 0.793. The Morgan fingerprint density at radius 1 is 1.47 bits per heavy atom. The summed E-state index contributed by atoms with van der Waals surface area (Å²) in [5.74, 6) is -0.162. The number of hydrogen-bond acceptors (Lipinski definition) is 3. The van der Waals surface area contributed by atoms with Crippen molar-refractivity contribution in [1.82, 2.24) is 9.97 Å². The minimum absolute atomic E-state index is 0.310. The Morgan fingerprint density at radius 2 is 2.20 bits per heavy atom. The number of aromatic amines is 1. The van der Waals surface area contributed by atoms with Crippen LogP contribution in [0.5, 0.6) is 5.75 Å². The Morgan fingerprint density at radius 3 is 2.87 bits per heavy atom. The summed E-state index contributed by atoms with van der Waals surface area (Å²) in [6.07, 6.45) is 0. The fraction of sp³-hybridized carbons (Fsp3) is 0.200. The zero-order valence-corrected chi connectivity index (χ0v) is 8.30. The number of aryl methyl sites for hydroxylation is 1. The minimum Gasteiger partial charge on any atom is -0.494 e. The number of fused-ring (bicyclic) bond motifs is 1. The molecule has 1 N–H and O–H groups in total. The molecule has 0 aliphatic carbocycles. The van der Waals surface area contributed by atoms with Crippen LogP contribution in [0, 0.1) is 12.7 Å². The Kier molecular flexibility index (Phi) is 2.15. The fourth-order valence-corrected chi connectivity index (χ4v) is 1.37. The Labute approximate surface area is 84.7 Å². The second kappa shape index (κ2) is 3.34. The molecule has 0 aliphatic heterocycles. The number of nitrogens with one attached hydrogen (secondary N) is 1. The van der Waals surface area contributed by atoms with Gasteiger partial charge in [0.1, 0.15) is 22.8 Å². The lowest BCUT2D eigenvalue weighted by Crippen LogP contribution is -2.12. The van der Waals surface area contributed by atoms with E-state index in [0.29, 0.717) is 22.5 Å². The van der Waals surface area contributed by atoms with Crippen LogP contribution in [0.2, 0.25) is 0 Å². The molecule has 0 bridgehead atoms. The lowest BCUT2D eigenvalue weighted by atomic mass is 10.2. The van der Waals surface area contributed by atoms with Crippen molar-refractivity contribution in [2.75, 3.05) is 7.11 Å². The van der Waals surface area contributed by atoms with Crippen LogP contribution >= 0.6 is 0 Å². The van der Waals surface area contributed by atoms with E-state index in [1.54, 1.807) is 6.92 Å². The van der Waals surface area contributed by atoms with E-state index in [1.807, 2.05) is 0 Å². The average molecular weight is 208 g/mol. The van der Waals surface area contributed by atoms with Gasteiger partial charge in [-0.2, -0.15) is 0 Å². The lowest BCUT2D eigenvalue weighted by molar-refractivity contribution is 0.415. The number of H-pyrrole nitrogens is 1. The molecule has 0 aliphatic rings. The van der Waals surface area contributed by atoms with Crippen molar-refractivity contribution in [3.05, 3.63) is 34.0 Å². The molecule has 78 valence electrons. The van der Waals surface area contributed by atoms with Crippen molar-refractivity contribution in [1.29, 1.82) is 0 Å². The highest BCUT2D eigenvalue weighted by Gasteiger charge is 2.08. The maximum absolute atomic E-state index is 13.1. The van der Waals surface area contributed by atoms with E-state index in [2.05, 4.69) is 9.97 Å². The summed E-state index contributed by atoms with van der Waals surface area (Å²) in [6.45, 7) is 1.58. The van der Waals surface area contributed by atoms with Crippen molar-refractivity contribution in [2.24, 2.45) is 0 Å².